The van der Waals surface area contributed by atoms with Gasteiger partial charge in [-0.1, -0.05) is 17.7 Å². The van der Waals surface area contributed by atoms with Crippen molar-refractivity contribution in [3.8, 4) is 0 Å². The number of nitrogens with zero attached hydrogens (tertiary/aromatic N) is 5. The Hall–Kier alpha value is -3.39. The molecule has 9 heteroatoms. The maximum absolute atomic E-state index is 12.6. The number of hydrogen-bond acceptors (Lipinski definition) is 5. The van der Waals surface area contributed by atoms with Gasteiger partial charge in [0.2, 0.25) is 5.91 Å². The van der Waals surface area contributed by atoms with Crippen molar-refractivity contribution in [2.45, 2.75) is 0 Å². The van der Waals surface area contributed by atoms with Crippen LogP contribution < -0.4 is 4.90 Å². The van der Waals surface area contributed by atoms with Crippen LogP contribution in [0.15, 0.2) is 54.7 Å². The molecule has 3 heterocycles. The molecule has 1 saturated heterocycles. The maximum Gasteiger partial charge on any atom is 0.269 e. The van der Waals surface area contributed by atoms with Gasteiger partial charge in [-0.15, -0.1) is 0 Å². The number of piperazine rings is 1. The minimum absolute atomic E-state index is 0.0683. The fourth-order valence-electron chi connectivity index (χ4n) is 3.36. The molecule has 1 amide bonds. The Balaban J connectivity index is 1.39. The average molecular weight is 412 g/mol. The number of rotatable bonds is 4. The van der Waals surface area contributed by atoms with Crippen molar-refractivity contribution >= 4 is 40.6 Å². The first-order valence-corrected chi connectivity index (χ1v) is 9.50. The number of halogens is 1. The highest BCUT2D eigenvalue weighted by molar-refractivity contribution is 6.31. The lowest BCUT2D eigenvalue weighted by Crippen LogP contribution is -2.48. The van der Waals surface area contributed by atoms with Crippen LogP contribution in [0.3, 0.4) is 0 Å². The molecule has 1 aromatic carbocycles. The number of non-ortho nitro benzene ring substituents is 1. The number of carbonyl (C=O) groups is 1. The molecule has 29 heavy (non-hydrogen) atoms. The topological polar surface area (TPSA) is 84.0 Å². The molecular weight excluding hydrogens is 394 g/mol. The number of anilines is 1. The van der Waals surface area contributed by atoms with Gasteiger partial charge in [-0.05, 0) is 30.3 Å². The van der Waals surface area contributed by atoms with Gasteiger partial charge in [0.15, 0.2) is 5.15 Å². The van der Waals surface area contributed by atoms with Gasteiger partial charge in [0.25, 0.3) is 5.69 Å². The number of carbonyl (C=O) groups excluding carboxylic acids is 1. The Bertz CT molecular complexity index is 1090. The quantitative estimate of drug-likeness (QED) is 0.374. The van der Waals surface area contributed by atoms with Crippen LogP contribution in [0.5, 0.6) is 0 Å². The van der Waals surface area contributed by atoms with Gasteiger partial charge in [0.1, 0.15) is 5.65 Å². The van der Waals surface area contributed by atoms with Crippen molar-refractivity contribution in [2.75, 3.05) is 31.1 Å². The van der Waals surface area contributed by atoms with Crippen molar-refractivity contribution < 1.29 is 9.72 Å². The van der Waals surface area contributed by atoms with Crippen LogP contribution in [0.2, 0.25) is 5.15 Å². The second kappa shape index (κ2) is 7.92. The normalized spacial score (nSPS) is 14.7. The molecule has 0 spiro atoms. The molecule has 2 aromatic heterocycles. The van der Waals surface area contributed by atoms with Crippen molar-refractivity contribution in [3.63, 3.8) is 0 Å². The zero-order chi connectivity index (χ0) is 20.4. The number of pyridine rings is 1. The van der Waals surface area contributed by atoms with Crippen LogP contribution in [0.1, 0.15) is 5.69 Å². The largest absolute Gasteiger partial charge is 0.368 e. The zero-order valence-electron chi connectivity index (χ0n) is 15.4. The van der Waals surface area contributed by atoms with Crippen LogP contribution in [-0.2, 0) is 4.79 Å². The highest BCUT2D eigenvalue weighted by Gasteiger charge is 2.20. The van der Waals surface area contributed by atoms with Crippen molar-refractivity contribution in [2.24, 2.45) is 0 Å². The van der Waals surface area contributed by atoms with Crippen LogP contribution in [0.4, 0.5) is 11.4 Å². The Labute approximate surface area is 171 Å². The van der Waals surface area contributed by atoms with E-state index in [-0.39, 0.29) is 11.6 Å². The molecule has 0 unspecified atom stereocenters. The predicted octanol–water partition coefficient (Wildman–Crippen LogP) is 3.26. The molecule has 0 aliphatic carbocycles. The van der Waals surface area contributed by atoms with E-state index in [1.807, 2.05) is 28.8 Å². The number of amides is 1. The van der Waals surface area contributed by atoms with E-state index in [9.17, 15) is 14.9 Å². The maximum atomic E-state index is 12.6. The highest BCUT2D eigenvalue weighted by Crippen LogP contribution is 2.21. The number of aromatic nitrogens is 2. The summed E-state index contributed by atoms with van der Waals surface area (Å²) in [4.78, 5) is 31.1. The number of hydrogen-bond donors (Lipinski definition) is 0. The number of imidazole rings is 1. The molecule has 1 aliphatic rings. The average Bonchev–Trinajstić information content (AvgIpc) is 3.07. The summed E-state index contributed by atoms with van der Waals surface area (Å²) in [5.41, 5.74) is 2.37. The highest BCUT2D eigenvalue weighted by atomic mass is 35.5. The molecule has 1 fully saturated rings. The minimum Gasteiger partial charge on any atom is -0.368 e. The van der Waals surface area contributed by atoms with Crippen molar-refractivity contribution in [1.29, 1.82) is 0 Å². The molecule has 8 nitrogen and oxygen atoms in total. The smallest absolute Gasteiger partial charge is 0.269 e. The monoisotopic (exact) mass is 411 g/mol. The van der Waals surface area contributed by atoms with Gasteiger partial charge < -0.3 is 9.80 Å². The fourth-order valence-corrected chi connectivity index (χ4v) is 3.60. The van der Waals surface area contributed by atoms with E-state index in [0.29, 0.717) is 37.0 Å². The van der Waals surface area contributed by atoms with Crippen LogP contribution in [0, 0.1) is 10.1 Å². The van der Waals surface area contributed by atoms with E-state index in [4.69, 9.17) is 11.6 Å². The van der Waals surface area contributed by atoms with Gasteiger partial charge in [-0.25, -0.2) is 4.98 Å². The summed E-state index contributed by atoms with van der Waals surface area (Å²) < 4.78 is 1.83. The van der Waals surface area contributed by atoms with Gasteiger partial charge in [-0.3, -0.25) is 19.3 Å². The van der Waals surface area contributed by atoms with Crippen molar-refractivity contribution in [3.05, 3.63) is 75.7 Å². The SMILES string of the molecule is O=C(/C=C/c1c(Cl)nc2ccccn12)N1CCN(c2ccc([N+](=O)[O-])cc2)CC1. The lowest BCUT2D eigenvalue weighted by atomic mass is 10.2. The summed E-state index contributed by atoms with van der Waals surface area (Å²) in [5, 5.41) is 11.1. The van der Waals surface area contributed by atoms with E-state index in [2.05, 4.69) is 9.88 Å². The van der Waals surface area contributed by atoms with E-state index in [1.54, 1.807) is 23.1 Å². The first-order chi connectivity index (χ1) is 14.0. The van der Waals surface area contributed by atoms with E-state index < -0.39 is 4.92 Å². The fraction of sp³-hybridized carbons (Fsp3) is 0.200. The van der Waals surface area contributed by atoms with Gasteiger partial charge >= 0.3 is 0 Å². The number of fused-ring (bicyclic) bond motifs is 1. The lowest BCUT2D eigenvalue weighted by Gasteiger charge is -2.35. The molecule has 148 valence electrons. The summed E-state index contributed by atoms with van der Waals surface area (Å²) in [6, 6.07) is 12.1. The summed E-state index contributed by atoms with van der Waals surface area (Å²) in [6.45, 7) is 2.46. The molecular formula is C20H18ClN5O3. The number of nitro benzene ring substituents is 1. The Morgan fingerprint density at radius 3 is 2.52 bits per heavy atom. The molecule has 0 saturated carbocycles. The number of benzene rings is 1. The van der Waals surface area contributed by atoms with Gasteiger partial charge in [0.05, 0.1) is 10.6 Å². The van der Waals surface area contributed by atoms with Gasteiger partial charge in [0, 0.05) is 56.3 Å². The molecule has 4 rings (SSSR count). The van der Waals surface area contributed by atoms with Crippen LogP contribution in [0.25, 0.3) is 11.7 Å². The third-order valence-corrected chi connectivity index (χ3v) is 5.20. The number of nitro groups is 1. The second-order valence-electron chi connectivity index (χ2n) is 6.64. The minimum atomic E-state index is -0.414. The third kappa shape index (κ3) is 3.93. The molecule has 0 atom stereocenters. The first-order valence-electron chi connectivity index (χ1n) is 9.12. The summed E-state index contributed by atoms with van der Waals surface area (Å²) in [7, 11) is 0. The van der Waals surface area contributed by atoms with Crippen molar-refractivity contribution in [1.82, 2.24) is 14.3 Å². The summed E-state index contributed by atoms with van der Waals surface area (Å²) >= 11 is 6.20. The third-order valence-electron chi connectivity index (χ3n) is 4.92. The van der Waals surface area contributed by atoms with Crippen LogP contribution >= 0.6 is 11.6 Å². The predicted molar refractivity (Wildman–Crippen MR) is 111 cm³/mol. The summed E-state index contributed by atoms with van der Waals surface area (Å²) in [5.74, 6) is -0.0877. The lowest BCUT2D eigenvalue weighted by molar-refractivity contribution is -0.384. The Morgan fingerprint density at radius 2 is 1.83 bits per heavy atom. The molecule has 0 N–H and O–H groups in total. The molecule has 3 aromatic rings. The zero-order valence-corrected chi connectivity index (χ0v) is 16.2. The van der Waals surface area contributed by atoms with Crippen LogP contribution in [-0.4, -0.2) is 51.3 Å². The first kappa shape index (κ1) is 18.9. The standard InChI is InChI=1S/C20H18ClN5O3/c21-20-17(25-10-2-1-3-18(25)22-20)8-9-19(27)24-13-11-23(12-14-24)15-4-6-16(7-5-15)26(28)29/h1-10H,11-14H2/b9-8+. The van der Waals surface area contributed by atoms with E-state index in [0.717, 1.165) is 11.3 Å². The molecule has 0 bridgehead atoms. The summed E-state index contributed by atoms with van der Waals surface area (Å²) in [6.07, 6.45) is 5.05. The van der Waals surface area contributed by atoms with E-state index in [1.165, 1.54) is 18.2 Å². The molecule has 1 aliphatic heterocycles. The van der Waals surface area contributed by atoms with E-state index >= 15 is 0 Å². The van der Waals surface area contributed by atoms with Gasteiger partial charge in [-0.2, -0.15) is 0 Å². The molecule has 0 radical (unpaired) electrons. The Kier molecular flexibility index (Phi) is 5.18. The Morgan fingerprint density at radius 1 is 1.10 bits per heavy atom. The second-order valence-corrected chi connectivity index (χ2v) is 6.99.